The zero-order chi connectivity index (χ0) is 7.28. The molecule has 0 spiro atoms. The zero-order valence-electron chi connectivity index (χ0n) is 6.72. The number of hydrogen-bond acceptors (Lipinski definition) is 2. The molecule has 0 aliphatic heterocycles. The van der Waals surface area contributed by atoms with Crippen molar-refractivity contribution in [3.05, 3.63) is 0 Å². The summed E-state index contributed by atoms with van der Waals surface area (Å²) < 4.78 is 4.46. The molecule has 10 heavy (non-hydrogen) atoms. The van der Waals surface area contributed by atoms with Gasteiger partial charge in [-0.2, -0.15) is 0 Å². The van der Waals surface area contributed by atoms with Crippen LogP contribution in [0.5, 0.6) is 0 Å². The van der Waals surface area contributed by atoms with Gasteiger partial charge in [0, 0.05) is 6.42 Å². The van der Waals surface area contributed by atoms with Crippen LogP contribution in [0, 0.1) is 5.92 Å². The minimum Gasteiger partial charge on any atom is -0.469 e. The van der Waals surface area contributed by atoms with E-state index in [2.05, 4.69) is 18.6 Å². The second-order valence-electron chi connectivity index (χ2n) is 2.51. The molecule has 3 heteroatoms. The Morgan fingerprint density at radius 1 is 1.50 bits per heavy atom. The predicted molar refractivity (Wildman–Crippen MR) is 43.3 cm³/mol. The van der Waals surface area contributed by atoms with Gasteiger partial charge in [-0.25, -0.2) is 0 Å². The van der Waals surface area contributed by atoms with Crippen LogP contribution < -0.4 is 0 Å². The number of carbonyl (C=O) groups is 1. The van der Waals surface area contributed by atoms with Gasteiger partial charge >= 0.3 is 5.97 Å². The Kier molecular flexibility index (Phi) is 8.55. The fourth-order valence-corrected chi connectivity index (χ4v) is 0.509. The molecule has 0 N–H and O–H groups in total. The van der Waals surface area contributed by atoms with Crippen molar-refractivity contribution < 1.29 is 9.53 Å². The van der Waals surface area contributed by atoms with Gasteiger partial charge in [-0.3, -0.25) is 4.79 Å². The average Bonchev–Trinajstić information content (AvgIpc) is 1.83. The lowest BCUT2D eigenvalue weighted by molar-refractivity contribution is -0.140. The van der Waals surface area contributed by atoms with Crippen LogP contribution >= 0.6 is 12.4 Å². The molecule has 0 fully saturated rings. The Morgan fingerprint density at radius 3 is 2.30 bits per heavy atom. The third-order valence-electron chi connectivity index (χ3n) is 1.15. The van der Waals surface area contributed by atoms with Gasteiger partial charge in [-0.05, 0) is 12.3 Å². The third kappa shape index (κ3) is 7.76. The molecule has 0 unspecified atom stereocenters. The lowest BCUT2D eigenvalue weighted by Gasteiger charge is -2.00. The molecule has 0 bridgehead atoms. The van der Waals surface area contributed by atoms with Crippen LogP contribution in [0.25, 0.3) is 0 Å². The van der Waals surface area contributed by atoms with E-state index >= 15 is 0 Å². The molecule has 62 valence electrons. The minimum absolute atomic E-state index is 0. The maximum atomic E-state index is 10.5. The van der Waals surface area contributed by atoms with Crippen molar-refractivity contribution in [2.45, 2.75) is 26.7 Å². The van der Waals surface area contributed by atoms with Crippen LogP contribution in [0.2, 0.25) is 0 Å². The first kappa shape index (κ1) is 12.4. The number of hydrogen-bond donors (Lipinski definition) is 0. The Hall–Kier alpha value is -0.240. The minimum atomic E-state index is -0.108. The number of esters is 1. The van der Waals surface area contributed by atoms with Crippen molar-refractivity contribution in [3.8, 4) is 0 Å². The summed E-state index contributed by atoms with van der Waals surface area (Å²) in [7, 11) is 1.42. The first-order valence-corrected chi connectivity index (χ1v) is 3.23. The molecule has 0 heterocycles. The van der Waals surface area contributed by atoms with E-state index in [9.17, 15) is 4.79 Å². The Labute approximate surface area is 68.4 Å². The second kappa shape index (κ2) is 6.87. The maximum absolute atomic E-state index is 10.5. The van der Waals surface area contributed by atoms with Gasteiger partial charge in [0.05, 0.1) is 7.11 Å². The topological polar surface area (TPSA) is 26.3 Å². The van der Waals surface area contributed by atoms with E-state index in [4.69, 9.17) is 0 Å². The summed E-state index contributed by atoms with van der Waals surface area (Å²) in [5.74, 6) is 0.479. The normalized spacial score (nSPS) is 8.80. The summed E-state index contributed by atoms with van der Waals surface area (Å²) in [5, 5.41) is 0. The highest BCUT2D eigenvalue weighted by Crippen LogP contribution is 2.03. The largest absolute Gasteiger partial charge is 0.469 e. The van der Waals surface area contributed by atoms with Crippen LogP contribution in [0.1, 0.15) is 26.7 Å². The van der Waals surface area contributed by atoms with Crippen molar-refractivity contribution >= 4 is 18.4 Å². The molecule has 0 amide bonds. The first-order chi connectivity index (χ1) is 4.16. The number of carbonyl (C=O) groups excluding carboxylic acids is 1. The fraction of sp³-hybridized carbons (Fsp3) is 0.857. The molecule has 0 aromatic heterocycles. The van der Waals surface area contributed by atoms with Crippen LogP contribution in [0.3, 0.4) is 0 Å². The highest BCUT2D eigenvalue weighted by molar-refractivity contribution is 5.85. The van der Waals surface area contributed by atoms with Gasteiger partial charge in [-0.1, -0.05) is 13.8 Å². The van der Waals surface area contributed by atoms with E-state index in [-0.39, 0.29) is 18.4 Å². The molecule has 0 aliphatic rings. The van der Waals surface area contributed by atoms with Gasteiger partial charge < -0.3 is 4.74 Å². The van der Waals surface area contributed by atoms with Gasteiger partial charge in [-0.15, -0.1) is 12.4 Å². The smallest absolute Gasteiger partial charge is 0.305 e. The second-order valence-corrected chi connectivity index (χ2v) is 2.51. The van der Waals surface area contributed by atoms with Crippen LogP contribution in [-0.2, 0) is 9.53 Å². The number of methoxy groups -OCH3 is 1. The molecule has 0 aliphatic carbocycles. The monoisotopic (exact) mass is 166 g/mol. The zero-order valence-corrected chi connectivity index (χ0v) is 7.53. The van der Waals surface area contributed by atoms with E-state index in [1.54, 1.807) is 0 Å². The van der Waals surface area contributed by atoms with Gasteiger partial charge in [0.25, 0.3) is 0 Å². The molecule has 0 saturated heterocycles. The molecular weight excluding hydrogens is 152 g/mol. The number of ether oxygens (including phenoxy) is 1. The number of halogens is 1. The van der Waals surface area contributed by atoms with E-state index in [0.29, 0.717) is 12.3 Å². The number of rotatable bonds is 3. The summed E-state index contributed by atoms with van der Waals surface area (Å²) in [6.07, 6.45) is 1.47. The van der Waals surface area contributed by atoms with Crippen molar-refractivity contribution in [1.29, 1.82) is 0 Å². The molecule has 0 atom stereocenters. The lowest BCUT2D eigenvalue weighted by Crippen LogP contribution is -2.01. The van der Waals surface area contributed by atoms with Crippen molar-refractivity contribution in [2.24, 2.45) is 5.92 Å². The highest BCUT2D eigenvalue weighted by atomic mass is 35.5. The quantitative estimate of drug-likeness (QED) is 0.600. The lowest BCUT2D eigenvalue weighted by atomic mass is 10.1. The Bertz CT molecular complexity index is 91.6. The van der Waals surface area contributed by atoms with Crippen molar-refractivity contribution in [2.75, 3.05) is 7.11 Å². The molecule has 0 aromatic rings. The highest BCUT2D eigenvalue weighted by Gasteiger charge is 2.00. The van der Waals surface area contributed by atoms with Gasteiger partial charge in [0.15, 0.2) is 0 Å². The summed E-state index contributed by atoms with van der Waals surface area (Å²) in [5.41, 5.74) is 0. The van der Waals surface area contributed by atoms with E-state index < -0.39 is 0 Å². The summed E-state index contributed by atoms with van der Waals surface area (Å²) in [6.45, 7) is 4.17. The van der Waals surface area contributed by atoms with Gasteiger partial charge in [0.1, 0.15) is 0 Å². The third-order valence-corrected chi connectivity index (χ3v) is 1.15. The van der Waals surface area contributed by atoms with Gasteiger partial charge in [0.2, 0.25) is 0 Å². The first-order valence-electron chi connectivity index (χ1n) is 3.23. The fourth-order valence-electron chi connectivity index (χ4n) is 0.509. The molecular formula is C7H15ClO2. The van der Waals surface area contributed by atoms with E-state index in [1.165, 1.54) is 7.11 Å². The SMILES string of the molecule is COC(=O)CCC(C)C.Cl. The Morgan fingerprint density at radius 2 is 2.00 bits per heavy atom. The predicted octanol–water partition coefficient (Wildman–Crippen LogP) is 2.02. The van der Waals surface area contributed by atoms with Crippen molar-refractivity contribution in [1.82, 2.24) is 0 Å². The van der Waals surface area contributed by atoms with Crippen LogP contribution in [-0.4, -0.2) is 13.1 Å². The van der Waals surface area contributed by atoms with E-state index in [1.807, 2.05) is 0 Å². The van der Waals surface area contributed by atoms with Crippen LogP contribution in [0.15, 0.2) is 0 Å². The summed E-state index contributed by atoms with van der Waals surface area (Å²) in [6, 6.07) is 0. The molecule has 0 saturated carbocycles. The molecule has 0 aromatic carbocycles. The van der Waals surface area contributed by atoms with E-state index in [0.717, 1.165) is 6.42 Å². The van der Waals surface area contributed by atoms with Crippen LogP contribution in [0.4, 0.5) is 0 Å². The molecule has 0 rings (SSSR count). The average molecular weight is 167 g/mol. The summed E-state index contributed by atoms with van der Waals surface area (Å²) in [4.78, 5) is 10.5. The maximum Gasteiger partial charge on any atom is 0.305 e. The summed E-state index contributed by atoms with van der Waals surface area (Å²) >= 11 is 0. The molecule has 0 radical (unpaired) electrons. The van der Waals surface area contributed by atoms with Crippen molar-refractivity contribution in [3.63, 3.8) is 0 Å². The molecule has 2 nitrogen and oxygen atoms in total. The standard InChI is InChI=1S/C7H14O2.ClH/c1-6(2)4-5-7(8)9-3;/h6H,4-5H2,1-3H3;1H. The Balaban J connectivity index is 0.